The number of fused-ring (bicyclic) bond motifs is 1. The summed E-state index contributed by atoms with van der Waals surface area (Å²) < 4.78 is 1.99. The van der Waals surface area contributed by atoms with Crippen molar-refractivity contribution in [2.24, 2.45) is 7.05 Å². The Hall–Kier alpha value is -2.04. The van der Waals surface area contributed by atoms with Gasteiger partial charge in [-0.2, -0.15) is 0 Å². The van der Waals surface area contributed by atoms with Crippen LogP contribution in [0.4, 0.5) is 4.79 Å². The van der Waals surface area contributed by atoms with E-state index >= 15 is 0 Å². The monoisotopic (exact) mass is 260 g/mol. The first-order valence-corrected chi connectivity index (χ1v) is 6.50. The highest BCUT2D eigenvalue weighted by Crippen LogP contribution is 2.13. The van der Waals surface area contributed by atoms with Gasteiger partial charge in [0, 0.05) is 19.6 Å². The Bertz CT molecular complexity index is 574. The summed E-state index contributed by atoms with van der Waals surface area (Å²) in [7, 11) is 1.98. The quantitative estimate of drug-likeness (QED) is 0.881. The number of aromatic nitrogens is 2. The van der Waals surface area contributed by atoms with Crippen LogP contribution in [0.1, 0.15) is 19.4 Å². The van der Waals surface area contributed by atoms with Gasteiger partial charge in [0.1, 0.15) is 0 Å². The van der Waals surface area contributed by atoms with Gasteiger partial charge in [0.05, 0.1) is 17.4 Å². The lowest BCUT2D eigenvalue weighted by Crippen LogP contribution is -2.40. The summed E-state index contributed by atoms with van der Waals surface area (Å²) in [6, 6.07) is 6.24. The SMILES string of the molecule is CC(C)NC(=O)NCCc1ccc2c(c1)ncn2C. The molecule has 0 aliphatic rings. The van der Waals surface area contributed by atoms with E-state index in [1.165, 1.54) is 5.56 Å². The molecule has 0 radical (unpaired) electrons. The van der Waals surface area contributed by atoms with Crippen molar-refractivity contribution in [2.45, 2.75) is 26.3 Å². The predicted molar refractivity (Wildman–Crippen MR) is 76.1 cm³/mol. The molecule has 102 valence electrons. The molecule has 2 N–H and O–H groups in total. The van der Waals surface area contributed by atoms with Gasteiger partial charge in [0.25, 0.3) is 0 Å². The Balaban J connectivity index is 1.89. The number of hydrogen-bond donors (Lipinski definition) is 2. The van der Waals surface area contributed by atoms with Crippen LogP contribution >= 0.6 is 0 Å². The fraction of sp³-hybridized carbons (Fsp3) is 0.429. The van der Waals surface area contributed by atoms with Crippen molar-refractivity contribution in [3.8, 4) is 0 Å². The summed E-state index contributed by atoms with van der Waals surface area (Å²) in [5.41, 5.74) is 3.29. The van der Waals surface area contributed by atoms with Crippen molar-refractivity contribution in [1.29, 1.82) is 0 Å². The highest BCUT2D eigenvalue weighted by atomic mass is 16.2. The highest BCUT2D eigenvalue weighted by molar-refractivity contribution is 5.76. The van der Waals surface area contributed by atoms with E-state index < -0.39 is 0 Å². The van der Waals surface area contributed by atoms with Crippen molar-refractivity contribution in [3.63, 3.8) is 0 Å². The summed E-state index contributed by atoms with van der Waals surface area (Å²) in [6.07, 6.45) is 2.61. The number of carbonyl (C=O) groups excluding carboxylic acids is 1. The largest absolute Gasteiger partial charge is 0.338 e. The zero-order valence-electron chi connectivity index (χ0n) is 11.6. The molecule has 5 nitrogen and oxygen atoms in total. The fourth-order valence-electron chi connectivity index (χ4n) is 1.97. The molecule has 2 rings (SSSR count). The molecule has 0 aliphatic carbocycles. The summed E-state index contributed by atoms with van der Waals surface area (Å²) in [5, 5.41) is 5.64. The average Bonchev–Trinajstić information content (AvgIpc) is 2.70. The smallest absolute Gasteiger partial charge is 0.314 e. The van der Waals surface area contributed by atoms with E-state index in [0.717, 1.165) is 17.5 Å². The third-order valence-corrected chi connectivity index (χ3v) is 2.91. The molecule has 0 unspecified atom stereocenters. The number of imidazole rings is 1. The van der Waals surface area contributed by atoms with Crippen LogP contribution in [0.2, 0.25) is 0 Å². The third kappa shape index (κ3) is 3.47. The van der Waals surface area contributed by atoms with E-state index in [1.807, 2.05) is 31.8 Å². The minimum atomic E-state index is -0.117. The Morgan fingerprint density at radius 1 is 1.42 bits per heavy atom. The van der Waals surface area contributed by atoms with E-state index in [4.69, 9.17) is 0 Å². The predicted octanol–water partition coefficient (Wildman–Crippen LogP) is 1.82. The number of nitrogens with one attached hydrogen (secondary N) is 2. The van der Waals surface area contributed by atoms with Crippen molar-refractivity contribution in [3.05, 3.63) is 30.1 Å². The molecule has 0 aliphatic heterocycles. The zero-order chi connectivity index (χ0) is 13.8. The van der Waals surface area contributed by atoms with Gasteiger partial charge in [-0.05, 0) is 38.0 Å². The van der Waals surface area contributed by atoms with Crippen LogP contribution in [0.25, 0.3) is 11.0 Å². The van der Waals surface area contributed by atoms with Crippen LogP contribution < -0.4 is 10.6 Å². The second-order valence-corrected chi connectivity index (χ2v) is 4.98. The average molecular weight is 260 g/mol. The molecule has 19 heavy (non-hydrogen) atoms. The molecular formula is C14H20N4O. The van der Waals surface area contributed by atoms with Crippen molar-refractivity contribution in [1.82, 2.24) is 20.2 Å². The number of rotatable bonds is 4. The normalized spacial score (nSPS) is 10.9. The van der Waals surface area contributed by atoms with Gasteiger partial charge < -0.3 is 15.2 Å². The molecule has 1 heterocycles. The summed E-state index contributed by atoms with van der Waals surface area (Å²) in [6.45, 7) is 4.50. The van der Waals surface area contributed by atoms with Crippen LogP contribution in [-0.4, -0.2) is 28.2 Å². The number of benzene rings is 1. The van der Waals surface area contributed by atoms with Crippen LogP contribution in [0.3, 0.4) is 0 Å². The molecule has 0 saturated carbocycles. The van der Waals surface area contributed by atoms with Crippen molar-refractivity contribution >= 4 is 17.1 Å². The summed E-state index contributed by atoms with van der Waals surface area (Å²) in [5.74, 6) is 0. The van der Waals surface area contributed by atoms with Crippen molar-refractivity contribution in [2.75, 3.05) is 6.54 Å². The molecule has 1 aromatic heterocycles. The minimum absolute atomic E-state index is 0.117. The van der Waals surface area contributed by atoms with Gasteiger partial charge in [0.2, 0.25) is 0 Å². The van der Waals surface area contributed by atoms with Gasteiger partial charge in [-0.3, -0.25) is 0 Å². The second kappa shape index (κ2) is 5.73. The number of carbonyl (C=O) groups is 1. The van der Waals surface area contributed by atoms with E-state index in [0.29, 0.717) is 6.54 Å². The maximum atomic E-state index is 11.4. The van der Waals surface area contributed by atoms with Gasteiger partial charge in [-0.15, -0.1) is 0 Å². The first-order chi connectivity index (χ1) is 9.06. The standard InChI is InChI=1S/C14H20N4O/c1-10(2)17-14(19)15-7-6-11-4-5-13-12(8-11)16-9-18(13)3/h4-5,8-10H,6-7H2,1-3H3,(H2,15,17,19). The van der Waals surface area contributed by atoms with Gasteiger partial charge in [0.15, 0.2) is 0 Å². The van der Waals surface area contributed by atoms with Gasteiger partial charge in [-0.25, -0.2) is 9.78 Å². The number of nitrogens with zero attached hydrogens (tertiary/aromatic N) is 2. The van der Waals surface area contributed by atoms with Crippen LogP contribution in [0.15, 0.2) is 24.5 Å². The Morgan fingerprint density at radius 2 is 2.21 bits per heavy atom. The van der Waals surface area contributed by atoms with Crippen LogP contribution in [0.5, 0.6) is 0 Å². The topological polar surface area (TPSA) is 59.0 Å². The highest BCUT2D eigenvalue weighted by Gasteiger charge is 2.03. The Kier molecular flexibility index (Phi) is 4.04. The number of amides is 2. The molecule has 0 saturated heterocycles. The van der Waals surface area contributed by atoms with Crippen LogP contribution in [0, 0.1) is 0 Å². The fourth-order valence-corrected chi connectivity index (χ4v) is 1.97. The number of hydrogen-bond acceptors (Lipinski definition) is 2. The maximum Gasteiger partial charge on any atom is 0.314 e. The Labute approximate surface area is 113 Å². The Morgan fingerprint density at radius 3 is 2.95 bits per heavy atom. The van der Waals surface area contributed by atoms with Gasteiger partial charge >= 0.3 is 6.03 Å². The molecule has 5 heteroatoms. The lowest BCUT2D eigenvalue weighted by Gasteiger charge is -2.10. The maximum absolute atomic E-state index is 11.4. The van der Waals surface area contributed by atoms with E-state index in [1.54, 1.807) is 0 Å². The summed E-state index contributed by atoms with van der Waals surface area (Å²) in [4.78, 5) is 15.7. The molecule has 1 aromatic carbocycles. The second-order valence-electron chi connectivity index (χ2n) is 4.98. The van der Waals surface area contributed by atoms with Gasteiger partial charge in [-0.1, -0.05) is 6.07 Å². The molecular weight excluding hydrogens is 240 g/mol. The molecule has 0 bridgehead atoms. The third-order valence-electron chi connectivity index (χ3n) is 2.91. The lowest BCUT2D eigenvalue weighted by atomic mass is 10.1. The molecule has 2 amide bonds. The molecule has 2 aromatic rings. The van der Waals surface area contributed by atoms with E-state index in [9.17, 15) is 4.79 Å². The van der Waals surface area contributed by atoms with Crippen LogP contribution in [-0.2, 0) is 13.5 Å². The number of urea groups is 1. The lowest BCUT2D eigenvalue weighted by molar-refractivity contribution is 0.238. The minimum Gasteiger partial charge on any atom is -0.338 e. The summed E-state index contributed by atoms with van der Waals surface area (Å²) >= 11 is 0. The first-order valence-electron chi connectivity index (χ1n) is 6.50. The first kappa shape index (κ1) is 13.4. The van der Waals surface area contributed by atoms with E-state index in [-0.39, 0.29) is 12.1 Å². The zero-order valence-corrected chi connectivity index (χ0v) is 11.6. The molecule has 0 spiro atoms. The number of aryl methyl sites for hydroxylation is 1. The van der Waals surface area contributed by atoms with E-state index in [2.05, 4.69) is 33.8 Å². The molecule has 0 atom stereocenters. The molecule has 0 fully saturated rings. The van der Waals surface area contributed by atoms with Crippen molar-refractivity contribution < 1.29 is 4.79 Å².